The molecule has 0 spiro atoms. The molecule has 1 amide bonds. The highest BCUT2D eigenvalue weighted by Gasteiger charge is 2.47. The Morgan fingerprint density at radius 2 is 1.79 bits per heavy atom. The standard InChI is InChI=1S/C27H37N3O7S/c1-18(2)15-29(38(34,35)21-10-8-20(28)9-11-21)16-25(31)23(14-19-6-4-3-5-7-19)30(27(32)33)24-17-37-26-22(24)12-13-36-26/h3-11,18,22-26,31H,12-17,28H2,1-2H3,(H,32,33)/p-1/t22-,23-,24-,25+,26+/m0/s1. The molecular formula is C27H36N3O7S-. The number of sulfonamides is 1. The van der Waals surface area contributed by atoms with E-state index < -0.39 is 40.6 Å². The molecule has 2 saturated heterocycles. The minimum Gasteiger partial charge on any atom is -0.530 e. The minimum atomic E-state index is -4.00. The summed E-state index contributed by atoms with van der Waals surface area (Å²) in [5.74, 6) is -0.237. The van der Waals surface area contributed by atoms with E-state index in [9.17, 15) is 23.4 Å². The second kappa shape index (κ2) is 12.0. The first-order valence-electron chi connectivity index (χ1n) is 12.9. The predicted molar refractivity (Wildman–Crippen MR) is 139 cm³/mol. The van der Waals surface area contributed by atoms with Crippen LogP contribution in [0.3, 0.4) is 0 Å². The van der Waals surface area contributed by atoms with Gasteiger partial charge < -0.3 is 35.1 Å². The number of aliphatic hydroxyl groups excluding tert-OH is 1. The fourth-order valence-electron chi connectivity index (χ4n) is 5.32. The van der Waals surface area contributed by atoms with Gasteiger partial charge in [-0.3, -0.25) is 0 Å². The van der Waals surface area contributed by atoms with Crippen LogP contribution in [0.2, 0.25) is 0 Å². The first-order chi connectivity index (χ1) is 18.1. The zero-order valence-corrected chi connectivity index (χ0v) is 22.5. The van der Waals surface area contributed by atoms with Crippen LogP contribution in [-0.2, 0) is 25.9 Å². The Balaban J connectivity index is 1.67. The van der Waals surface area contributed by atoms with E-state index in [1.807, 2.05) is 44.2 Å². The minimum absolute atomic E-state index is 0.0461. The van der Waals surface area contributed by atoms with Gasteiger partial charge in [-0.1, -0.05) is 44.2 Å². The van der Waals surface area contributed by atoms with Crippen LogP contribution in [0.25, 0.3) is 0 Å². The number of carboxylic acid groups (broad SMARTS) is 1. The molecule has 11 heteroatoms. The lowest BCUT2D eigenvalue weighted by molar-refractivity contribution is -0.273. The Hall–Kier alpha value is -2.70. The lowest BCUT2D eigenvalue weighted by atomic mass is 9.93. The Morgan fingerprint density at radius 1 is 1.11 bits per heavy atom. The van der Waals surface area contributed by atoms with E-state index in [2.05, 4.69) is 0 Å². The fourth-order valence-corrected chi connectivity index (χ4v) is 6.94. The first kappa shape index (κ1) is 28.3. The summed E-state index contributed by atoms with van der Waals surface area (Å²) in [6.45, 7) is 4.16. The van der Waals surface area contributed by atoms with E-state index >= 15 is 0 Å². The highest BCUT2D eigenvalue weighted by atomic mass is 32.2. The van der Waals surface area contributed by atoms with Gasteiger partial charge >= 0.3 is 0 Å². The van der Waals surface area contributed by atoms with Gasteiger partial charge in [0.1, 0.15) is 6.09 Å². The molecule has 10 nitrogen and oxygen atoms in total. The van der Waals surface area contributed by atoms with Crippen LogP contribution in [0.4, 0.5) is 10.5 Å². The molecule has 2 heterocycles. The van der Waals surface area contributed by atoms with Crippen molar-refractivity contribution in [3.05, 3.63) is 60.2 Å². The molecule has 2 aliphatic heterocycles. The number of benzene rings is 2. The van der Waals surface area contributed by atoms with Gasteiger partial charge in [-0.2, -0.15) is 4.31 Å². The predicted octanol–water partition coefficient (Wildman–Crippen LogP) is 1.29. The molecule has 0 saturated carbocycles. The molecule has 38 heavy (non-hydrogen) atoms. The van der Waals surface area contributed by atoms with E-state index in [0.717, 1.165) is 10.5 Å². The maximum atomic E-state index is 13.6. The van der Waals surface area contributed by atoms with Crippen LogP contribution in [0.1, 0.15) is 25.8 Å². The third-order valence-electron chi connectivity index (χ3n) is 7.14. The first-order valence-corrected chi connectivity index (χ1v) is 14.3. The lowest BCUT2D eigenvalue weighted by Gasteiger charge is -2.43. The number of aliphatic hydroxyl groups is 1. The van der Waals surface area contributed by atoms with Gasteiger partial charge in [0.25, 0.3) is 0 Å². The number of amides is 1. The monoisotopic (exact) mass is 546 g/mol. The van der Waals surface area contributed by atoms with Crippen LogP contribution in [-0.4, -0.2) is 79.6 Å². The lowest BCUT2D eigenvalue weighted by Crippen LogP contribution is -2.61. The number of hydrogen-bond donors (Lipinski definition) is 2. The molecule has 2 fully saturated rings. The zero-order valence-electron chi connectivity index (χ0n) is 21.7. The summed E-state index contributed by atoms with van der Waals surface area (Å²) in [4.78, 5) is 13.8. The summed E-state index contributed by atoms with van der Waals surface area (Å²) in [5, 5.41) is 24.2. The second-order valence-corrected chi connectivity index (χ2v) is 12.3. The molecule has 208 valence electrons. The van der Waals surface area contributed by atoms with Crippen molar-refractivity contribution in [2.75, 3.05) is 32.0 Å². The maximum absolute atomic E-state index is 13.6. The summed E-state index contributed by atoms with van der Waals surface area (Å²) in [6, 6.07) is 13.5. The molecule has 0 bridgehead atoms. The van der Waals surface area contributed by atoms with Crippen LogP contribution < -0.4 is 10.8 Å². The number of nitrogens with two attached hydrogens (primary N) is 1. The molecule has 2 aliphatic rings. The fraction of sp³-hybridized carbons (Fsp3) is 0.519. The number of nitrogens with zero attached hydrogens (tertiary/aromatic N) is 2. The van der Waals surface area contributed by atoms with Crippen molar-refractivity contribution < 1.29 is 32.9 Å². The van der Waals surface area contributed by atoms with Crippen molar-refractivity contribution in [1.29, 1.82) is 0 Å². The normalized spacial score (nSPS) is 22.9. The maximum Gasteiger partial charge on any atom is 0.243 e. The Labute approximate surface area is 224 Å². The third-order valence-corrected chi connectivity index (χ3v) is 8.99. The van der Waals surface area contributed by atoms with E-state index in [1.165, 1.54) is 28.6 Å². The van der Waals surface area contributed by atoms with Gasteiger partial charge in [0.2, 0.25) is 10.0 Å². The average Bonchev–Trinajstić information content (AvgIpc) is 3.49. The van der Waals surface area contributed by atoms with E-state index in [0.29, 0.717) is 18.7 Å². The molecule has 0 unspecified atom stereocenters. The van der Waals surface area contributed by atoms with Crippen molar-refractivity contribution in [2.45, 2.75) is 56.1 Å². The summed E-state index contributed by atoms with van der Waals surface area (Å²) >= 11 is 0. The number of rotatable bonds is 11. The number of hydrogen-bond acceptors (Lipinski definition) is 8. The van der Waals surface area contributed by atoms with Gasteiger partial charge in [0.05, 0.1) is 36.3 Å². The van der Waals surface area contributed by atoms with Crippen molar-refractivity contribution in [2.24, 2.45) is 11.8 Å². The van der Waals surface area contributed by atoms with E-state index in [4.69, 9.17) is 15.2 Å². The van der Waals surface area contributed by atoms with Gasteiger partial charge in [-0.25, -0.2) is 8.42 Å². The van der Waals surface area contributed by atoms with Crippen LogP contribution in [0.5, 0.6) is 0 Å². The largest absolute Gasteiger partial charge is 0.530 e. The number of carbonyl (C=O) groups is 1. The third kappa shape index (κ3) is 6.29. The molecule has 4 rings (SSSR count). The van der Waals surface area contributed by atoms with E-state index in [1.54, 1.807) is 0 Å². The smallest absolute Gasteiger partial charge is 0.243 e. The second-order valence-electron chi connectivity index (χ2n) is 10.4. The van der Waals surface area contributed by atoms with E-state index in [-0.39, 0.29) is 42.8 Å². The summed E-state index contributed by atoms with van der Waals surface area (Å²) in [5.41, 5.74) is 6.98. The molecule has 2 aromatic rings. The van der Waals surface area contributed by atoms with Gasteiger partial charge in [0, 0.05) is 24.7 Å². The van der Waals surface area contributed by atoms with Crippen LogP contribution >= 0.6 is 0 Å². The highest BCUT2D eigenvalue weighted by molar-refractivity contribution is 7.89. The van der Waals surface area contributed by atoms with Gasteiger partial charge in [-0.15, -0.1) is 0 Å². The van der Waals surface area contributed by atoms with Crippen LogP contribution in [0, 0.1) is 11.8 Å². The zero-order chi connectivity index (χ0) is 27.4. The van der Waals surface area contributed by atoms with Gasteiger partial charge in [-0.05, 0) is 48.6 Å². The number of nitrogen functional groups attached to an aromatic ring is 1. The Morgan fingerprint density at radius 3 is 2.42 bits per heavy atom. The molecule has 5 atom stereocenters. The summed E-state index contributed by atoms with van der Waals surface area (Å²) in [6.07, 6.45) is -2.50. The van der Waals surface area contributed by atoms with Crippen LogP contribution in [0.15, 0.2) is 59.5 Å². The Kier molecular flexibility index (Phi) is 8.94. The molecule has 0 aromatic heterocycles. The molecule has 0 radical (unpaired) electrons. The molecule has 3 N–H and O–H groups in total. The number of anilines is 1. The SMILES string of the molecule is CC(C)CN(C[C@@H](O)[C@H](Cc1ccccc1)N(C(=O)[O-])[C@H]1CO[C@H]2OCC[C@H]21)S(=O)(=O)c1ccc(N)cc1. The number of fused-ring (bicyclic) bond motifs is 1. The number of carbonyl (C=O) groups excluding carboxylic acids is 1. The van der Waals surface area contributed by atoms with Crippen molar-refractivity contribution >= 4 is 21.8 Å². The average molecular weight is 547 g/mol. The highest BCUT2D eigenvalue weighted by Crippen LogP contribution is 2.36. The molecular weight excluding hydrogens is 510 g/mol. The summed E-state index contributed by atoms with van der Waals surface area (Å²) in [7, 11) is -4.00. The summed E-state index contributed by atoms with van der Waals surface area (Å²) < 4.78 is 39.7. The molecule has 2 aromatic carbocycles. The van der Waals surface area contributed by atoms with Gasteiger partial charge in [0.15, 0.2) is 6.29 Å². The Bertz CT molecular complexity index is 1180. The van der Waals surface area contributed by atoms with Crippen molar-refractivity contribution in [3.8, 4) is 0 Å². The quantitative estimate of drug-likeness (QED) is 0.401. The van der Waals surface area contributed by atoms with Crippen molar-refractivity contribution in [1.82, 2.24) is 9.21 Å². The number of ether oxygens (including phenoxy) is 2. The molecule has 0 aliphatic carbocycles. The topological polar surface area (TPSA) is 145 Å². The van der Waals surface area contributed by atoms with Crippen molar-refractivity contribution in [3.63, 3.8) is 0 Å².